The van der Waals surface area contributed by atoms with Gasteiger partial charge in [-0.1, -0.05) is 8.58 Å². The zero-order valence-corrected chi connectivity index (χ0v) is 5.94. The molecule has 2 saturated heterocycles. The van der Waals surface area contributed by atoms with Gasteiger partial charge in [-0.2, -0.15) is 0 Å². The van der Waals surface area contributed by atoms with Gasteiger partial charge in [-0.25, -0.2) is 0 Å². The molecular formula is C6H11OP. The van der Waals surface area contributed by atoms with Crippen LogP contribution in [-0.2, 0) is 4.74 Å². The molecule has 46 valence electrons. The molecule has 2 fully saturated rings. The van der Waals surface area contributed by atoms with Gasteiger partial charge < -0.3 is 4.74 Å². The Labute approximate surface area is 51.6 Å². The third kappa shape index (κ3) is 0.614. The summed E-state index contributed by atoms with van der Waals surface area (Å²) in [6.07, 6.45) is 5.45. The smallest absolute Gasteiger partial charge is 0.0845 e. The van der Waals surface area contributed by atoms with E-state index in [4.69, 9.17) is 4.74 Å². The molecule has 1 nitrogen and oxygen atoms in total. The summed E-state index contributed by atoms with van der Waals surface area (Å²) < 4.78 is 5.59. The average molecular weight is 130 g/mol. The Morgan fingerprint density at radius 2 is 2.25 bits per heavy atom. The Morgan fingerprint density at radius 1 is 1.38 bits per heavy atom. The highest BCUT2D eigenvalue weighted by atomic mass is 31.1. The molecule has 2 heteroatoms. The summed E-state index contributed by atoms with van der Waals surface area (Å²) in [6.45, 7) is 1.03. The summed E-state index contributed by atoms with van der Waals surface area (Å²) in [5.41, 5.74) is 0. The lowest BCUT2D eigenvalue weighted by Crippen LogP contribution is -2.30. The van der Waals surface area contributed by atoms with E-state index in [-0.39, 0.29) is 0 Å². The fraction of sp³-hybridized carbons (Fsp3) is 1.00. The van der Waals surface area contributed by atoms with Crippen LogP contribution in [0.2, 0.25) is 0 Å². The van der Waals surface area contributed by atoms with Crippen LogP contribution in [0.4, 0.5) is 0 Å². The lowest BCUT2D eigenvalue weighted by molar-refractivity contribution is 0.0643. The summed E-state index contributed by atoms with van der Waals surface area (Å²) in [5.74, 6) is 0. The Balaban J connectivity index is 2.01. The number of rotatable bonds is 0. The minimum Gasteiger partial charge on any atom is -0.371 e. The molecule has 0 bridgehead atoms. The molecule has 1 spiro atoms. The van der Waals surface area contributed by atoms with Gasteiger partial charge in [0.25, 0.3) is 0 Å². The summed E-state index contributed by atoms with van der Waals surface area (Å²) in [6, 6.07) is 0. The van der Waals surface area contributed by atoms with Crippen molar-refractivity contribution in [2.24, 2.45) is 0 Å². The van der Waals surface area contributed by atoms with Gasteiger partial charge in [-0.05, 0) is 25.4 Å². The normalized spacial score (nSPS) is 48.0. The van der Waals surface area contributed by atoms with Crippen molar-refractivity contribution in [1.82, 2.24) is 0 Å². The molecule has 8 heavy (non-hydrogen) atoms. The maximum atomic E-state index is 5.59. The summed E-state index contributed by atoms with van der Waals surface area (Å²) in [4.78, 5) is 0. The van der Waals surface area contributed by atoms with Gasteiger partial charge >= 0.3 is 0 Å². The highest BCUT2D eigenvalue weighted by Gasteiger charge is 2.40. The Hall–Kier alpha value is 0.390. The molecule has 0 saturated carbocycles. The van der Waals surface area contributed by atoms with Crippen LogP contribution in [-0.4, -0.2) is 18.1 Å². The van der Waals surface area contributed by atoms with Crippen LogP contribution in [0.5, 0.6) is 0 Å². The average Bonchev–Trinajstić information content (AvgIpc) is 2.07. The van der Waals surface area contributed by atoms with Crippen LogP contribution in [0.15, 0.2) is 0 Å². The first-order chi connectivity index (χ1) is 3.91. The van der Waals surface area contributed by atoms with Gasteiger partial charge in [0.2, 0.25) is 0 Å². The first-order valence-corrected chi connectivity index (χ1v) is 4.51. The van der Waals surface area contributed by atoms with Crippen molar-refractivity contribution in [3.05, 3.63) is 0 Å². The van der Waals surface area contributed by atoms with Crippen molar-refractivity contribution in [2.75, 3.05) is 12.8 Å². The third-order valence-electron chi connectivity index (χ3n) is 2.08. The number of hydrogen-bond donors (Lipinski definition) is 0. The minimum atomic E-state index is 0.444. The highest BCUT2D eigenvalue weighted by molar-refractivity contribution is 7.41. The molecule has 1 unspecified atom stereocenters. The van der Waals surface area contributed by atoms with Gasteiger partial charge in [-0.15, -0.1) is 0 Å². The molecule has 2 heterocycles. The molecule has 0 radical (unpaired) electrons. The zero-order chi connectivity index (χ0) is 5.45. The Morgan fingerprint density at radius 3 is 2.50 bits per heavy atom. The number of hydrogen-bond acceptors (Lipinski definition) is 1. The molecule has 0 amide bonds. The Bertz CT molecular complexity index is 90.7. The van der Waals surface area contributed by atoms with Crippen molar-refractivity contribution in [3.8, 4) is 0 Å². The van der Waals surface area contributed by atoms with E-state index in [1.54, 1.807) is 0 Å². The zero-order valence-electron chi connectivity index (χ0n) is 4.94. The monoisotopic (exact) mass is 130 g/mol. The third-order valence-corrected chi connectivity index (χ3v) is 3.87. The van der Waals surface area contributed by atoms with Crippen LogP contribution in [0, 0.1) is 0 Å². The largest absolute Gasteiger partial charge is 0.371 e. The summed E-state index contributed by atoms with van der Waals surface area (Å²) in [7, 11) is 1.12. The maximum Gasteiger partial charge on any atom is 0.0845 e. The van der Waals surface area contributed by atoms with E-state index >= 15 is 0 Å². The van der Waals surface area contributed by atoms with Crippen LogP contribution in [0.25, 0.3) is 0 Å². The van der Waals surface area contributed by atoms with Crippen LogP contribution < -0.4 is 0 Å². The topological polar surface area (TPSA) is 9.23 Å². The minimum absolute atomic E-state index is 0.444. The molecule has 0 aromatic carbocycles. The molecule has 2 aliphatic rings. The van der Waals surface area contributed by atoms with E-state index < -0.39 is 0 Å². The Kier molecular flexibility index (Phi) is 1.09. The molecule has 0 N–H and O–H groups in total. The predicted octanol–water partition coefficient (Wildman–Crippen LogP) is 1.58. The lowest BCUT2D eigenvalue weighted by atomic mass is 10.2. The van der Waals surface area contributed by atoms with Gasteiger partial charge in [0.15, 0.2) is 0 Å². The fourth-order valence-electron chi connectivity index (χ4n) is 1.44. The van der Waals surface area contributed by atoms with E-state index in [1.807, 2.05) is 0 Å². The second kappa shape index (κ2) is 1.68. The molecular weight excluding hydrogens is 119 g/mol. The molecule has 0 aromatic rings. The van der Waals surface area contributed by atoms with Gasteiger partial charge in [0, 0.05) is 6.61 Å². The molecule has 2 atom stereocenters. The lowest BCUT2D eigenvalue weighted by Gasteiger charge is -2.36. The molecule has 2 rings (SSSR count). The first kappa shape index (κ1) is 5.20. The fourth-order valence-corrected chi connectivity index (χ4v) is 2.80. The van der Waals surface area contributed by atoms with E-state index in [0.29, 0.717) is 5.34 Å². The number of ether oxygens (including phenoxy) is 1. The van der Waals surface area contributed by atoms with Gasteiger partial charge in [-0.3, -0.25) is 0 Å². The second-order valence-electron chi connectivity index (χ2n) is 2.62. The predicted molar refractivity (Wildman–Crippen MR) is 35.7 cm³/mol. The standard InChI is InChI=1S/C6H11OP/c1-2-6(7-4-1)3-5-8-6/h8H,1-5H2/t6-/m0/s1. The first-order valence-electron chi connectivity index (χ1n) is 3.30. The van der Waals surface area contributed by atoms with E-state index in [9.17, 15) is 0 Å². The van der Waals surface area contributed by atoms with E-state index in [2.05, 4.69) is 0 Å². The second-order valence-corrected chi connectivity index (χ2v) is 4.39. The van der Waals surface area contributed by atoms with Gasteiger partial charge in [0.1, 0.15) is 0 Å². The van der Waals surface area contributed by atoms with Crippen molar-refractivity contribution >= 4 is 8.58 Å². The van der Waals surface area contributed by atoms with E-state index in [0.717, 1.165) is 15.2 Å². The molecule has 0 aromatic heterocycles. The summed E-state index contributed by atoms with van der Waals surface area (Å²) in [5, 5.41) is 0.444. The highest BCUT2D eigenvalue weighted by Crippen LogP contribution is 2.53. The van der Waals surface area contributed by atoms with E-state index in [1.165, 1.54) is 25.4 Å². The van der Waals surface area contributed by atoms with Crippen molar-refractivity contribution in [2.45, 2.75) is 24.6 Å². The quantitative estimate of drug-likeness (QED) is 0.452. The van der Waals surface area contributed by atoms with Crippen molar-refractivity contribution in [1.29, 1.82) is 0 Å². The van der Waals surface area contributed by atoms with Crippen molar-refractivity contribution in [3.63, 3.8) is 0 Å². The van der Waals surface area contributed by atoms with Crippen molar-refractivity contribution < 1.29 is 4.74 Å². The summed E-state index contributed by atoms with van der Waals surface area (Å²) >= 11 is 0. The van der Waals surface area contributed by atoms with Crippen LogP contribution in [0.3, 0.4) is 0 Å². The molecule has 0 aliphatic carbocycles. The van der Waals surface area contributed by atoms with Crippen LogP contribution >= 0.6 is 8.58 Å². The maximum absolute atomic E-state index is 5.59. The SMILES string of the molecule is C1CO[C@]2(C1)CCP2. The van der Waals surface area contributed by atoms with Gasteiger partial charge in [0.05, 0.1) is 5.34 Å². The molecule has 2 aliphatic heterocycles. The van der Waals surface area contributed by atoms with Crippen LogP contribution in [0.1, 0.15) is 19.3 Å².